The summed E-state index contributed by atoms with van der Waals surface area (Å²) in [6.07, 6.45) is 4.39. The molecular weight excluding hydrogens is 288 g/mol. The summed E-state index contributed by atoms with van der Waals surface area (Å²) in [7, 11) is 2.23. The molecule has 23 heavy (non-hydrogen) atoms. The molecule has 2 atom stereocenters. The number of morpholine rings is 1. The number of benzene rings is 1. The van der Waals surface area contributed by atoms with Gasteiger partial charge in [0, 0.05) is 37.2 Å². The fourth-order valence-electron chi connectivity index (χ4n) is 3.79. The van der Waals surface area contributed by atoms with Crippen molar-refractivity contribution in [2.75, 3.05) is 39.9 Å². The van der Waals surface area contributed by atoms with Crippen LogP contribution in [0.15, 0.2) is 30.3 Å². The van der Waals surface area contributed by atoms with Gasteiger partial charge in [0.1, 0.15) is 0 Å². The largest absolute Gasteiger partial charge is 0.378 e. The highest BCUT2D eigenvalue weighted by atomic mass is 16.5. The Bertz CT molecular complexity index is 505. The molecule has 2 heterocycles. The van der Waals surface area contributed by atoms with Gasteiger partial charge in [0.15, 0.2) is 5.78 Å². The van der Waals surface area contributed by atoms with E-state index in [1.165, 1.54) is 25.8 Å². The molecule has 0 amide bonds. The first kappa shape index (κ1) is 16.6. The lowest BCUT2D eigenvalue weighted by Gasteiger charge is -2.36. The molecule has 2 fully saturated rings. The topological polar surface area (TPSA) is 32.8 Å². The number of carbonyl (C=O) groups excluding carboxylic acids is 1. The molecule has 0 radical (unpaired) electrons. The van der Waals surface area contributed by atoms with Crippen LogP contribution in [0, 0.1) is 0 Å². The summed E-state index contributed by atoms with van der Waals surface area (Å²) in [6.45, 7) is 4.72. The second-order valence-corrected chi connectivity index (χ2v) is 6.82. The fraction of sp³-hybridized carbons (Fsp3) is 0.632. The van der Waals surface area contributed by atoms with Gasteiger partial charge in [-0.05, 0) is 32.9 Å². The average Bonchev–Trinajstić information content (AvgIpc) is 3.00. The third kappa shape index (κ3) is 4.40. The average molecular weight is 316 g/mol. The van der Waals surface area contributed by atoms with Crippen LogP contribution in [-0.4, -0.2) is 67.6 Å². The second kappa shape index (κ2) is 8.04. The second-order valence-electron chi connectivity index (χ2n) is 6.82. The van der Waals surface area contributed by atoms with Gasteiger partial charge in [-0.2, -0.15) is 0 Å². The minimum absolute atomic E-state index is 0.225. The van der Waals surface area contributed by atoms with Crippen LogP contribution in [0.1, 0.15) is 36.0 Å². The van der Waals surface area contributed by atoms with Crippen LogP contribution in [0.4, 0.5) is 0 Å². The molecule has 0 saturated carbocycles. The van der Waals surface area contributed by atoms with Crippen molar-refractivity contribution in [2.45, 2.75) is 37.8 Å². The van der Waals surface area contributed by atoms with Crippen LogP contribution in [0.25, 0.3) is 0 Å². The highest BCUT2D eigenvalue weighted by Gasteiger charge is 2.28. The zero-order valence-electron chi connectivity index (χ0n) is 14.1. The van der Waals surface area contributed by atoms with Crippen LogP contribution in [0.3, 0.4) is 0 Å². The molecule has 2 saturated heterocycles. The molecule has 0 bridgehead atoms. The number of rotatable bonds is 6. The summed E-state index contributed by atoms with van der Waals surface area (Å²) in [5.74, 6) is 0.226. The summed E-state index contributed by atoms with van der Waals surface area (Å²) in [5, 5.41) is 0. The number of ketones is 1. The highest BCUT2D eigenvalue weighted by molar-refractivity contribution is 5.96. The summed E-state index contributed by atoms with van der Waals surface area (Å²) in [6, 6.07) is 10.6. The lowest BCUT2D eigenvalue weighted by Crippen LogP contribution is -2.47. The fourth-order valence-corrected chi connectivity index (χ4v) is 3.79. The first-order chi connectivity index (χ1) is 11.2. The van der Waals surface area contributed by atoms with Crippen molar-refractivity contribution in [3.63, 3.8) is 0 Å². The molecule has 1 aromatic carbocycles. The van der Waals surface area contributed by atoms with Gasteiger partial charge < -0.3 is 9.64 Å². The zero-order chi connectivity index (χ0) is 16.1. The Morgan fingerprint density at radius 1 is 1.22 bits per heavy atom. The number of likely N-dealkylation sites (tertiary alicyclic amines) is 1. The van der Waals surface area contributed by atoms with E-state index in [1.54, 1.807) is 0 Å². The Balaban J connectivity index is 1.54. The first-order valence-electron chi connectivity index (χ1n) is 8.84. The predicted molar refractivity (Wildman–Crippen MR) is 91.8 cm³/mol. The Labute approximate surface area is 139 Å². The minimum atomic E-state index is 0.225. The smallest absolute Gasteiger partial charge is 0.164 e. The molecule has 0 N–H and O–H groups in total. The van der Waals surface area contributed by atoms with Crippen molar-refractivity contribution >= 4 is 5.78 Å². The van der Waals surface area contributed by atoms with Crippen LogP contribution in [-0.2, 0) is 4.74 Å². The van der Waals surface area contributed by atoms with Gasteiger partial charge in [0.2, 0.25) is 0 Å². The summed E-state index contributed by atoms with van der Waals surface area (Å²) in [5.41, 5.74) is 0.813. The Morgan fingerprint density at radius 2 is 2.04 bits per heavy atom. The number of ether oxygens (including phenoxy) is 1. The molecule has 4 heteroatoms. The highest BCUT2D eigenvalue weighted by Crippen LogP contribution is 2.20. The van der Waals surface area contributed by atoms with Crippen LogP contribution in [0.2, 0.25) is 0 Å². The van der Waals surface area contributed by atoms with E-state index in [1.807, 2.05) is 30.3 Å². The standard InChI is InChI=1S/C19H28N2O2/c1-20-10-5-8-17(20)9-11-21-12-13-23-15-18(21)14-19(22)16-6-3-2-4-7-16/h2-4,6-7,17-18H,5,8-15H2,1H3/t17-,18+/m0/s1. The lowest BCUT2D eigenvalue weighted by atomic mass is 10.0. The molecule has 0 spiro atoms. The molecule has 0 unspecified atom stereocenters. The Kier molecular flexibility index (Phi) is 5.81. The van der Waals surface area contributed by atoms with Crippen molar-refractivity contribution in [3.8, 4) is 0 Å². The van der Waals surface area contributed by atoms with Gasteiger partial charge in [-0.15, -0.1) is 0 Å². The summed E-state index contributed by atoms with van der Waals surface area (Å²) in [4.78, 5) is 17.4. The lowest BCUT2D eigenvalue weighted by molar-refractivity contribution is -0.0110. The monoisotopic (exact) mass is 316 g/mol. The molecule has 126 valence electrons. The molecule has 4 nitrogen and oxygen atoms in total. The maximum Gasteiger partial charge on any atom is 0.164 e. The van der Waals surface area contributed by atoms with Gasteiger partial charge >= 0.3 is 0 Å². The molecule has 2 aliphatic heterocycles. The van der Waals surface area contributed by atoms with Crippen molar-refractivity contribution in [3.05, 3.63) is 35.9 Å². The van der Waals surface area contributed by atoms with Gasteiger partial charge in [0.25, 0.3) is 0 Å². The summed E-state index contributed by atoms with van der Waals surface area (Å²) < 4.78 is 5.64. The zero-order valence-corrected chi connectivity index (χ0v) is 14.1. The van der Waals surface area contributed by atoms with E-state index >= 15 is 0 Å². The number of hydrogen-bond donors (Lipinski definition) is 0. The minimum Gasteiger partial charge on any atom is -0.378 e. The normalized spacial score (nSPS) is 26.5. The van der Waals surface area contributed by atoms with Gasteiger partial charge in [-0.1, -0.05) is 30.3 Å². The third-order valence-electron chi connectivity index (χ3n) is 5.29. The van der Waals surface area contributed by atoms with Gasteiger partial charge in [-0.25, -0.2) is 0 Å². The number of carbonyl (C=O) groups is 1. The quantitative estimate of drug-likeness (QED) is 0.755. The molecule has 0 aliphatic carbocycles. The Hall–Kier alpha value is -1.23. The van der Waals surface area contributed by atoms with E-state index in [0.29, 0.717) is 19.1 Å². The predicted octanol–water partition coefficient (Wildman–Crippen LogP) is 2.44. The maximum atomic E-state index is 12.5. The van der Waals surface area contributed by atoms with Crippen molar-refractivity contribution in [1.29, 1.82) is 0 Å². The van der Waals surface area contributed by atoms with E-state index in [0.717, 1.165) is 25.3 Å². The SMILES string of the molecule is CN1CCC[C@H]1CCN1CCOC[C@H]1CC(=O)c1ccccc1. The van der Waals surface area contributed by atoms with Crippen molar-refractivity contribution < 1.29 is 9.53 Å². The molecule has 1 aromatic rings. The van der Waals surface area contributed by atoms with Gasteiger partial charge in [0.05, 0.1) is 13.2 Å². The van der Waals surface area contributed by atoms with E-state index in [4.69, 9.17) is 4.74 Å². The molecule has 3 rings (SSSR count). The van der Waals surface area contributed by atoms with E-state index in [9.17, 15) is 4.79 Å². The van der Waals surface area contributed by atoms with Crippen LogP contribution in [0.5, 0.6) is 0 Å². The summed E-state index contributed by atoms with van der Waals surface area (Å²) >= 11 is 0. The maximum absolute atomic E-state index is 12.5. The molecular formula is C19H28N2O2. The number of hydrogen-bond acceptors (Lipinski definition) is 4. The van der Waals surface area contributed by atoms with Crippen LogP contribution >= 0.6 is 0 Å². The van der Waals surface area contributed by atoms with Crippen LogP contribution < -0.4 is 0 Å². The number of nitrogens with zero attached hydrogens (tertiary/aromatic N) is 2. The first-order valence-corrected chi connectivity index (χ1v) is 8.84. The molecule has 0 aromatic heterocycles. The number of Topliss-reactive ketones (excluding diaryl/α,β-unsaturated/α-hetero) is 1. The molecule has 2 aliphatic rings. The Morgan fingerprint density at radius 3 is 2.78 bits per heavy atom. The van der Waals surface area contributed by atoms with Gasteiger partial charge in [-0.3, -0.25) is 9.69 Å². The van der Waals surface area contributed by atoms with E-state index < -0.39 is 0 Å². The van der Waals surface area contributed by atoms with E-state index in [2.05, 4.69) is 16.8 Å². The van der Waals surface area contributed by atoms with E-state index in [-0.39, 0.29) is 11.8 Å². The van der Waals surface area contributed by atoms with Crippen molar-refractivity contribution in [2.24, 2.45) is 0 Å². The van der Waals surface area contributed by atoms with Crippen molar-refractivity contribution in [1.82, 2.24) is 9.80 Å². The third-order valence-corrected chi connectivity index (χ3v) is 5.29.